The summed E-state index contributed by atoms with van der Waals surface area (Å²) in [5.41, 5.74) is 1.44. The normalized spacial score (nSPS) is 12.0. The van der Waals surface area contributed by atoms with E-state index in [2.05, 4.69) is 5.32 Å². The third-order valence-corrected chi connectivity index (χ3v) is 3.57. The fourth-order valence-electron chi connectivity index (χ4n) is 2.06. The summed E-state index contributed by atoms with van der Waals surface area (Å²) >= 11 is 0. The van der Waals surface area contributed by atoms with Gasteiger partial charge in [-0.05, 0) is 62.4 Å². The van der Waals surface area contributed by atoms with Crippen LogP contribution in [-0.2, 0) is 14.3 Å². The Labute approximate surface area is 156 Å². The smallest absolute Gasteiger partial charge is 0.347 e. The van der Waals surface area contributed by atoms with Crippen molar-refractivity contribution in [3.05, 3.63) is 59.7 Å². The van der Waals surface area contributed by atoms with Crippen molar-refractivity contribution in [2.24, 2.45) is 0 Å². The molecule has 0 heterocycles. The quantitative estimate of drug-likeness (QED) is 0.790. The molecule has 2 atom stereocenters. The third kappa shape index (κ3) is 5.58. The van der Waals surface area contributed by atoms with Crippen LogP contribution in [0.25, 0.3) is 0 Å². The summed E-state index contributed by atoms with van der Waals surface area (Å²) in [5, 5.41) is 20.1. The lowest BCUT2D eigenvalue weighted by molar-refractivity contribution is -0.159. The minimum Gasteiger partial charge on any atom is -0.479 e. The molecule has 0 saturated carbocycles. The van der Waals surface area contributed by atoms with Gasteiger partial charge in [0.1, 0.15) is 5.75 Å². The lowest BCUT2D eigenvalue weighted by atomic mass is 10.2. The number of carbonyl (C=O) groups is 2. The summed E-state index contributed by atoms with van der Waals surface area (Å²) in [5.74, 6) is -0.784. The molecular weight excluding hydrogens is 346 g/mol. The van der Waals surface area contributed by atoms with Gasteiger partial charge < -0.3 is 14.8 Å². The number of amides is 1. The fraction of sp³-hybridized carbons (Fsp3) is 0.200. The number of rotatable bonds is 6. The molecule has 0 aliphatic heterocycles. The number of nitrogens with one attached hydrogen (secondary N) is 1. The van der Waals surface area contributed by atoms with Crippen LogP contribution >= 0.6 is 0 Å². The first-order valence-electron chi connectivity index (χ1n) is 8.11. The van der Waals surface area contributed by atoms with Crippen LogP contribution in [0.3, 0.4) is 0 Å². The van der Waals surface area contributed by atoms with Gasteiger partial charge in [-0.1, -0.05) is 0 Å². The summed E-state index contributed by atoms with van der Waals surface area (Å²) in [6, 6.07) is 16.6. The molecular formula is C20H17N3O4. The maximum Gasteiger partial charge on any atom is 0.347 e. The zero-order valence-electron chi connectivity index (χ0n) is 14.8. The predicted molar refractivity (Wildman–Crippen MR) is 96.6 cm³/mol. The van der Waals surface area contributed by atoms with Crippen LogP contribution in [0.1, 0.15) is 25.0 Å². The number of carbonyl (C=O) groups excluding carboxylic acids is 2. The highest BCUT2D eigenvalue weighted by Gasteiger charge is 2.23. The van der Waals surface area contributed by atoms with Gasteiger partial charge >= 0.3 is 5.97 Å². The first-order chi connectivity index (χ1) is 12.9. The first-order valence-corrected chi connectivity index (χ1v) is 8.11. The van der Waals surface area contributed by atoms with Gasteiger partial charge in [0.15, 0.2) is 12.2 Å². The van der Waals surface area contributed by atoms with Crippen molar-refractivity contribution in [1.29, 1.82) is 10.5 Å². The van der Waals surface area contributed by atoms with Crippen molar-refractivity contribution in [3.63, 3.8) is 0 Å². The summed E-state index contributed by atoms with van der Waals surface area (Å²) in [6.45, 7) is 2.96. The Morgan fingerprint density at radius 2 is 1.41 bits per heavy atom. The number of hydrogen-bond donors (Lipinski definition) is 1. The molecule has 1 amide bonds. The number of ether oxygens (including phenoxy) is 2. The lowest BCUT2D eigenvalue weighted by Gasteiger charge is -2.18. The number of nitriles is 2. The van der Waals surface area contributed by atoms with Crippen molar-refractivity contribution in [2.45, 2.75) is 26.1 Å². The average molecular weight is 363 g/mol. The van der Waals surface area contributed by atoms with E-state index in [1.807, 2.05) is 12.1 Å². The van der Waals surface area contributed by atoms with Crippen molar-refractivity contribution >= 4 is 17.6 Å². The van der Waals surface area contributed by atoms with Crippen LogP contribution in [0.2, 0.25) is 0 Å². The van der Waals surface area contributed by atoms with E-state index >= 15 is 0 Å². The maximum absolute atomic E-state index is 12.1. The topological polar surface area (TPSA) is 112 Å². The van der Waals surface area contributed by atoms with Gasteiger partial charge in [-0.3, -0.25) is 4.79 Å². The average Bonchev–Trinajstić information content (AvgIpc) is 2.68. The molecule has 0 fully saturated rings. The molecule has 0 aliphatic rings. The molecule has 0 aliphatic carbocycles. The van der Waals surface area contributed by atoms with Crippen molar-refractivity contribution in [2.75, 3.05) is 5.32 Å². The van der Waals surface area contributed by atoms with Gasteiger partial charge in [-0.25, -0.2) is 4.79 Å². The molecule has 0 aromatic heterocycles. The van der Waals surface area contributed by atoms with E-state index in [1.165, 1.54) is 13.8 Å². The Morgan fingerprint density at radius 1 is 0.889 bits per heavy atom. The summed E-state index contributed by atoms with van der Waals surface area (Å²) in [6.07, 6.45) is -1.96. The molecule has 0 saturated heterocycles. The van der Waals surface area contributed by atoms with Crippen LogP contribution in [0.4, 0.5) is 5.69 Å². The van der Waals surface area contributed by atoms with E-state index in [1.54, 1.807) is 48.5 Å². The molecule has 1 N–H and O–H groups in total. The van der Waals surface area contributed by atoms with Gasteiger partial charge in [-0.2, -0.15) is 10.5 Å². The molecule has 7 nitrogen and oxygen atoms in total. The van der Waals surface area contributed by atoms with Crippen LogP contribution in [0, 0.1) is 22.7 Å². The number of nitrogens with zero attached hydrogens (tertiary/aromatic N) is 2. The van der Waals surface area contributed by atoms with Crippen LogP contribution in [0.5, 0.6) is 5.75 Å². The van der Waals surface area contributed by atoms with Crippen molar-refractivity contribution in [3.8, 4) is 17.9 Å². The number of benzene rings is 2. The number of hydrogen-bond acceptors (Lipinski definition) is 6. The summed E-state index contributed by atoms with van der Waals surface area (Å²) in [7, 11) is 0. The standard InChI is InChI=1S/C20H17N3O4/c1-13(19(24)23-17-7-3-15(11-21)4-8-17)27-20(25)14(2)26-18-9-5-16(12-22)6-10-18/h3-10,13-14H,1-2H3,(H,23,24)/t13-,14-/m1/s1. The fourth-order valence-corrected chi connectivity index (χ4v) is 2.06. The predicted octanol–water partition coefficient (Wildman–Crippen LogP) is 2.77. The zero-order chi connectivity index (χ0) is 19.8. The van der Waals surface area contributed by atoms with Crippen molar-refractivity contribution in [1.82, 2.24) is 0 Å². The molecule has 0 spiro atoms. The molecule has 27 heavy (non-hydrogen) atoms. The van der Waals surface area contributed by atoms with Crippen molar-refractivity contribution < 1.29 is 19.1 Å². The third-order valence-electron chi connectivity index (χ3n) is 3.57. The number of esters is 1. The minimum atomic E-state index is -1.03. The highest BCUT2D eigenvalue weighted by atomic mass is 16.6. The highest BCUT2D eigenvalue weighted by Crippen LogP contribution is 2.15. The van der Waals surface area contributed by atoms with E-state index in [0.717, 1.165) is 0 Å². The molecule has 0 unspecified atom stereocenters. The number of anilines is 1. The Balaban J connectivity index is 1.87. The SMILES string of the molecule is C[C@@H](OC(=O)[C@@H](C)Oc1ccc(C#N)cc1)C(=O)Nc1ccc(C#N)cc1. The van der Waals surface area contributed by atoms with Gasteiger partial charge in [-0.15, -0.1) is 0 Å². The van der Waals surface area contributed by atoms with E-state index in [-0.39, 0.29) is 0 Å². The maximum atomic E-state index is 12.1. The molecule has 2 aromatic carbocycles. The Morgan fingerprint density at radius 3 is 1.93 bits per heavy atom. The molecule has 2 rings (SSSR count). The van der Waals surface area contributed by atoms with E-state index < -0.39 is 24.1 Å². The van der Waals surface area contributed by atoms with Gasteiger partial charge in [0.25, 0.3) is 5.91 Å². The monoisotopic (exact) mass is 363 g/mol. The molecule has 7 heteroatoms. The Bertz CT molecular complexity index is 893. The van der Waals surface area contributed by atoms with Gasteiger partial charge in [0, 0.05) is 5.69 Å². The van der Waals surface area contributed by atoms with Crippen LogP contribution in [-0.4, -0.2) is 24.1 Å². The summed E-state index contributed by atoms with van der Waals surface area (Å²) in [4.78, 5) is 24.2. The first kappa shape index (κ1) is 19.5. The summed E-state index contributed by atoms with van der Waals surface area (Å²) < 4.78 is 10.6. The van der Waals surface area contributed by atoms with E-state index in [4.69, 9.17) is 20.0 Å². The molecule has 136 valence electrons. The lowest BCUT2D eigenvalue weighted by Crippen LogP contribution is -2.35. The van der Waals surface area contributed by atoms with Crippen LogP contribution < -0.4 is 10.1 Å². The molecule has 0 radical (unpaired) electrons. The molecule has 0 bridgehead atoms. The zero-order valence-corrected chi connectivity index (χ0v) is 14.8. The second kappa shape index (κ2) is 9.02. The van der Waals surface area contributed by atoms with E-state index in [9.17, 15) is 9.59 Å². The largest absolute Gasteiger partial charge is 0.479 e. The Hall–Kier alpha value is -3.84. The Kier molecular flexibility index (Phi) is 6.51. The van der Waals surface area contributed by atoms with E-state index in [0.29, 0.717) is 22.6 Å². The van der Waals surface area contributed by atoms with Crippen LogP contribution in [0.15, 0.2) is 48.5 Å². The second-order valence-corrected chi connectivity index (χ2v) is 5.65. The van der Waals surface area contributed by atoms with Gasteiger partial charge in [0.05, 0.1) is 23.3 Å². The highest BCUT2D eigenvalue weighted by molar-refractivity contribution is 5.95. The van der Waals surface area contributed by atoms with Gasteiger partial charge in [0.2, 0.25) is 0 Å². The second-order valence-electron chi connectivity index (χ2n) is 5.65. The molecule has 2 aromatic rings. The minimum absolute atomic E-state index is 0.410.